The highest BCUT2D eigenvalue weighted by atomic mass is 16.7. The third-order valence-electron chi connectivity index (χ3n) is 8.19. The predicted molar refractivity (Wildman–Crippen MR) is 170 cm³/mol. The van der Waals surface area contributed by atoms with E-state index in [2.05, 4.69) is 148 Å². The summed E-state index contributed by atoms with van der Waals surface area (Å²) in [6.45, 7) is 12.9. The maximum Gasteiger partial charge on any atom is 0.494 e. The van der Waals surface area contributed by atoms with Crippen LogP contribution in [-0.2, 0) is 9.31 Å². The molecule has 6 rings (SSSR count). The minimum atomic E-state index is -0.432. The van der Waals surface area contributed by atoms with Crippen LogP contribution >= 0.6 is 0 Å². The molecule has 1 aliphatic rings. The standard InChI is InChI=1S/C36H34BNO2/c1-26(24-29(28-16-10-7-11-17-28)21-20-27-14-8-6-9-15-27)38-33-19-13-12-18-31(33)32-23-22-30(25-34(32)38)37-39-35(2,3)36(4,5)40-37/h6-25H,1H2,2-5H3/b21-20+,29-24+. The van der Waals surface area contributed by atoms with Gasteiger partial charge in [0.25, 0.3) is 0 Å². The molecule has 0 N–H and O–H groups in total. The number of benzene rings is 4. The lowest BCUT2D eigenvalue weighted by Gasteiger charge is -2.32. The zero-order valence-electron chi connectivity index (χ0n) is 23.6. The molecule has 0 unspecified atom stereocenters. The topological polar surface area (TPSA) is 23.4 Å². The Balaban J connectivity index is 1.48. The molecule has 0 spiro atoms. The largest absolute Gasteiger partial charge is 0.494 e. The van der Waals surface area contributed by atoms with Crippen molar-refractivity contribution in [3.63, 3.8) is 0 Å². The minimum absolute atomic E-state index is 0.401. The highest BCUT2D eigenvalue weighted by Gasteiger charge is 2.51. The molecule has 198 valence electrons. The molecule has 3 nitrogen and oxygen atoms in total. The fourth-order valence-electron chi connectivity index (χ4n) is 5.28. The Hall–Kier alpha value is -4.12. The number of hydrogen-bond acceptors (Lipinski definition) is 2. The molecule has 1 aromatic heterocycles. The monoisotopic (exact) mass is 523 g/mol. The molecule has 40 heavy (non-hydrogen) atoms. The Labute approximate surface area is 237 Å². The van der Waals surface area contributed by atoms with Gasteiger partial charge in [-0.1, -0.05) is 110 Å². The van der Waals surface area contributed by atoms with Gasteiger partial charge in [0.2, 0.25) is 0 Å². The van der Waals surface area contributed by atoms with Gasteiger partial charge in [-0.15, -0.1) is 0 Å². The number of aromatic nitrogens is 1. The second kappa shape index (κ2) is 10.1. The van der Waals surface area contributed by atoms with Gasteiger partial charge in [0.1, 0.15) is 0 Å². The lowest BCUT2D eigenvalue weighted by atomic mass is 9.79. The fourth-order valence-corrected chi connectivity index (χ4v) is 5.28. The van der Waals surface area contributed by atoms with Gasteiger partial charge in [0.15, 0.2) is 0 Å². The van der Waals surface area contributed by atoms with Crippen molar-refractivity contribution in [1.29, 1.82) is 0 Å². The first kappa shape index (κ1) is 26.1. The van der Waals surface area contributed by atoms with E-state index in [0.29, 0.717) is 0 Å². The van der Waals surface area contributed by atoms with Crippen LogP contribution in [0.2, 0.25) is 0 Å². The molecule has 0 bridgehead atoms. The Morgan fingerprint density at radius 3 is 2.02 bits per heavy atom. The molecule has 4 aromatic carbocycles. The van der Waals surface area contributed by atoms with Crippen LogP contribution in [0.4, 0.5) is 0 Å². The van der Waals surface area contributed by atoms with Crippen LogP contribution in [0, 0.1) is 0 Å². The third-order valence-corrected chi connectivity index (χ3v) is 8.19. The first-order chi connectivity index (χ1) is 19.2. The maximum absolute atomic E-state index is 6.39. The van der Waals surface area contributed by atoms with Crippen molar-refractivity contribution in [2.45, 2.75) is 38.9 Å². The van der Waals surface area contributed by atoms with E-state index in [-0.39, 0.29) is 0 Å². The van der Waals surface area contributed by atoms with Crippen molar-refractivity contribution < 1.29 is 9.31 Å². The average Bonchev–Trinajstić information content (AvgIpc) is 3.40. The Kier molecular flexibility index (Phi) is 6.62. The summed E-state index contributed by atoms with van der Waals surface area (Å²) in [7, 11) is -0.432. The SMILES string of the molecule is C=C(/C=C(\C=C\c1ccccc1)c1ccccc1)n1c2ccccc2c2ccc(B3OC(C)(C)C(C)(C)O3)cc21. The number of nitrogens with zero attached hydrogens (tertiary/aromatic N) is 1. The van der Waals surface area contributed by atoms with Crippen LogP contribution in [0.1, 0.15) is 38.8 Å². The summed E-state index contributed by atoms with van der Waals surface area (Å²) in [5.74, 6) is 0. The highest BCUT2D eigenvalue weighted by Crippen LogP contribution is 2.37. The highest BCUT2D eigenvalue weighted by molar-refractivity contribution is 6.62. The predicted octanol–water partition coefficient (Wildman–Crippen LogP) is 8.36. The van der Waals surface area contributed by atoms with Gasteiger partial charge >= 0.3 is 7.12 Å². The summed E-state index contributed by atoms with van der Waals surface area (Å²) in [5.41, 5.74) is 6.64. The zero-order chi connectivity index (χ0) is 27.9. The molecule has 1 fully saturated rings. The van der Waals surface area contributed by atoms with Crippen LogP contribution in [0.25, 0.3) is 39.2 Å². The number of fused-ring (bicyclic) bond motifs is 3. The summed E-state index contributed by atoms with van der Waals surface area (Å²) in [6.07, 6.45) is 6.48. The quantitative estimate of drug-likeness (QED) is 0.165. The molecular weight excluding hydrogens is 489 g/mol. The number of para-hydroxylation sites is 1. The molecule has 5 aromatic rings. The van der Waals surface area contributed by atoms with E-state index in [9.17, 15) is 0 Å². The molecule has 0 saturated carbocycles. The lowest BCUT2D eigenvalue weighted by Crippen LogP contribution is -2.41. The smallest absolute Gasteiger partial charge is 0.399 e. The molecule has 0 aliphatic carbocycles. The van der Waals surface area contributed by atoms with Gasteiger partial charge in [-0.2, -0.15) is 0 Å². The van der Waals surface area contributed by atoms with Crippen LogP contribution < -0.4 is 5.46 Å². The summed E-state index contributed by atoms with van der Waals surface area (Å²) in [5, 5.41) is 2.36. The van der Waals surface area contributed by atoms with Crippen molar-refractivity contribution >= 4 is 51.7 Å². The molecule has 1 saturated heterocycles. The van der Waals surface area contributed by atoms with Crippen LogP contribution in [-0.4, -0.2) is 22.9 Å². The zero-order valence-corrected chi connectivity index (χ0v) is 23.6. The van der Waals surface area contributed by atoms with Crippen LogP contribution in [0.5, 0.6) is 0 Å². The van der Waals surface area contributed by atoms with Gasteiger partial charge in [0.05, 0.1) is 22.2 Å². The van der Waals surface area contributed by atoms with Crippen molar-refractivity contribution in [1.82, 2.24) is 4.57 Å². The fraction of sp³-hybridized carbons (Fsp3) is 0.167. The molecule has 0 radical (unpaired) electrons. The molecule has 4 heteroatoms. The van der Waals surface area contributed by atoms with Gasteiger partial charge in [-0.05, 0) is 68.1 Å². The minimum Gasteiger partial charge on any atom is -0.399 e. The molecule has 0 amide bonds. The van der Waals surface area contributed by atoms with E-state index >= 15 is 0 Å². The van der Waals surface area contributed by atoms with E-state index in [1.807, 2.05) is 12.1 Å². The van der Waals surface area contributed by atoms with Gasteiger partial charge in [-0.3, -0.25) is 0 Å². The van der Waals surface area contributed by atoms with Gasteiger partial charge in [0, 0.05) is 16.5 Å². The summed E-state index contributed by atoms with van der Waals surface area (Å²) >= 11 is 0. The van der Waals surface area contributed by atoms with Gasteiger partial charge in [-0.25, -0.2) is 0 Å². The number of allylic oxidation sites excluding steroid dienone is 4. The number of hydrogen-bond donors (Lipinski definition) is 0. The first-order valence-corrected chi connectivity index (χ1v) is 13.8. The average molecular weight is 523 g/mol. The van der Waals surface area contributed by atoms with E-state index in [4.69, 9.17) is 9.31 Å². The van der Waals surface area contributed by atoms with Crippen molar-refractivity contribution in [3.05, 3.63) is 133 Å². The van der Waals surface area contributed by atoms with E-state index in [0.717, 1.165) is 38.9 Å². The van der Waals surface area contributed by atoms with Gasteiger partial charge < -0.3 is 13.9 Å². The maximum atomic E-state index is 6.39. The summed E-state index contributed by atoms with van der Waals surface area (Å²) in [6, 6.07) is 35.8. The van der Waals surface area contributed by atoms with Crippen molar-refractivity contribution in [3.8, 4) is 0 Å². The summed E-state index contributed by atoms with van der Waals surface area (Å²) in [4.78, 5) is 0. The van der Waals surface area contributed by atoms with E-state index in [1.54, 1.807) is 0 Å². The molecule has 2 heterocycles. The summed E-state index contributed by atoms with van der Waals surface area (Å²) < 4.78 is 15.0. The van der Waals surface area contributed by atoms with Crippen LogP contribution in [0.3, 0.4) is 0 Å². The Morgan fingerprint density at radius 1 is 0.725 bits per heavy atom. The molecule has 0 atom stereocenters. The number of rotatable bonds is 6. The normalized spacial score (nSPS) is 16.8. The second-order valence-corrected chi connectivity index (χ2v) is 11.4. The molecule has 1 aliphatic heterocycles. The van der Waals surface area contributed by atoms with Crippen molar-refractivity contribution in [2.75, 3.05) is 0 Å². The Bertz CT molecular complexity index is 1740. The molecular formula is C36H34BNO2. The lowest BCUT2D eigenvalue weighted by molar-refractivity contribution is 0.00578. The Morgan fingerprint density at radius 2 is 1.32 bits per heavy atom. The van der Waals surface area contributed by atoms with Crippen LogP contribution in [0.15, 0.2) is 122 Å². The first-order valence-electron chi connectivity index (χ1n) is 13.8. The third kappa shape index (κ3) is 4.74. The van der Waals surface area contributed by atoms with E-state index in [1.165, 1.54) is 10.8 Å². The van der Waals surface area contributed by atoms with Crippen molar-refractivity contribution in [2.24, 2.45) is 0 Å². The van der Waals surface area contributed by atoms with E-state index < -0.39 is 18.3 Å². The second-order valence-electron chi connectivity index (χ2n) is 11.4.